The molecule has 1 aromatic heterocycles. The van der Waals surface area contributed by atoms with Crippen LogP contribution < -0.4 is 15.1 Å². The minimum absolute atomic E-state index is 0.0579. The monoisotopic (exact) mass is 315 g/mol. The average molecular weight is 315 g/mol. The Balaban J connectivity index is 0.00000102. The third-order valence-electron chi connectivity index (χ3n) is 3.72. The molecular formula is C16H35N4O2+. The van der Waals surface area contributed by atoms with Gasteiger partial charge in [0, 0.05) is 5.54 Å². The Labute approximate surface area is 135 Å². The number of aromatic nitrogens is 2. The molecule has 1 aliphatic rings. The lowest BCUT2D eigenvalue weighted by atomic mass is 9.96. The maximum Gasteiger partial charge on any atom is 0.299 e. The fourth-order valence-corrected chi connectivity index (χ4v) is 1.91. The Bertz CT molecular complexity index is 372. The minimum atomic E-state index is 0.0579. The van der Waals surface area contributed by atoms with Crippen LogP contribution in [-0.4, -0.2) is 37.1 Å². The summed E-state index contributed by atoms with van der Waals surface area (Å²) in [6.07, 6.45) is 3.98. The van der Waals surface area contributed by atoms with Gasteiger partial charge in [0.15, 0.2) is 0 Å². The van der Waals surface area contributed by atoms with Gasteiger partial charge in [-0.25, -0.2) is 0 Å². The summed E-state index contributed by atoms with van der Waals surface area (Å²) in [5.74, 6) is 0.715. The Morgan fingerprint density at radius 1 is 1.18 bits per heavy atom. The first-order valence-electron chi connectivity index (χ1n) is 8.66. The second kappa shape index (κ2) is 11.3. The molecule has 0 atom stereocenters. The van der Waals surface area contributed by atoms with Crippen molar-refractivity contribution in [2.24, 2.45) is 0 Å². The van der Waals surface area contributed by atoms with Crippen LogP contribution >= 0.6 is 0 Å². The number of ether oxygens (including phenoxy) is 1. The van der Waals surface area contributed by atoms with Gasteiger partial charge in [-0.15, -0.1) is 5.01 Å². The lowest BCUT2D eigenvalue weighted by Gasteiger charge is -2.26. The van der Waals surface area contributed by atoms with Crippen molar-refractivity contribution in [2.75, 3.05) is 36.6 Å². The first-order chi connectivity index (χ1) is 10.7. The van der Waals surface area contributed by atoms with E-state index in [9.17, 15) is 0 Å². The van der Waals surface area contributed by atoms with Crippen LogP contribution in [0.4, 0.5) is 5.88 Å². The largest absolute Gasteiger partial charge is 0.377 e. The molecule has 0 bridgehead atoms. The van der Waals surface area contributed by atoms with E-state index in [1.165, 1.54) is 0 Å². The Morgan fingerprint density at radius 2 is 1.73 bits per heavy atom. The number of hydrogen-bond donors (Lipinski definition) is 1. The van der Waals surface area contributed by atoms with Crippen molar-refractivity contribution in [1.82, 2.24) is 5.27 Å². The Kier molecular flexibility index (Phi) is 10.6. The maximum atomic E-state index is 5.34. The van der Waals surface area contributed by atoms with Crippen molar-refractivity contribution >= 4 is 5.88 Å². The van der Waals surface area contributed by atoms with E-state index < -0.39 is 0 Å². The summed E-state index contributed by atoms with van der Waals surface area (Å²) in [4.78, 5) is 1.76. The van der Waals surface area contributed by atoms with Gasteiger partial charge in [-0.3, -0.25) is 4.52 Å². The van der Waals surface area contributed by atoms with E-state index in [-0.39, 0.29) is 5.54 Å². The molecule has 0 radical (unpaired) electrons. The summed E-state index contributed by atoms with van der Waals surface area (Å²) in [5, 5.41) is 9.55. The van der Waals surface area contributed by atoms with Gasteiger partial charge in [0.05, 0.1) is 31.1 Å². The minimum Gasteiger partial charge on any atom is -0.377 e. The third kappa shape index (κ3) is 6.22. The highest BCUT2D eigenvalue weighted by molar-refractivity contribution is 5.28. The Morgan fingerprint density at radius 3 is 2.23 bits per heavy atom. The van der Waals surface area contributed by atoms with Gasteiger partial charge in [0.25, 0.3) is 12.1 Å². The first kappa shape index (κ1) is 20.7. The molecule has 0 saturated carbocycles. The third-order valence-corrected chi connectivity index (χ3v) is 3.72. The van der Waals surface area contributed by atoms with Crippen molar-refractivity contribution in [3.05, 3.63) is 6.20 Å². The standard InChI is InChI=1S/C12H23N4O2.2C2H6/c1-4-12(3,5-2)13-11-10-16(14-18-11)15-6-8-17-9-7-15;2*1-2/h10,13H,4-9H2,1-3H3;2*1-2H3/q+1;;. The second-order valence-corrected chi connectivity index (χ2v) is 4.95. The Hall–Kier alpha value is -1.30. The summed E-state index contributed by atoms with van der Waals surface area (Å²) >= 11 is 0. The molecule has 1 fully saturated rings. The molecule has 1 aromatic rings. The molecule has 2 rings (SSSR count). The molecule has 1 saturated heterocycles. The number of nitrogens with zero attached hydrogens (tertiary/aromatic N) is 3. The molecule has 0 unspecified atom stereocenters. The first-order valence-corrected chi connectivity index (χ1v) is 8.66. The van der Waals surface area contributed by atoms with E-state index in [0.717, 1.165) is 39.1 Å². The molecule has 6 nitrogen and oxygen atoms in total. The van der Waals surface area contributed by atoms with Crippen LogP contribution in [0, 0.1) is 0 Å². The maximum absolute atomic E-state index is 5.34. The van der Waals surface area contributed by atoms with E-state index in [1.54, 1.807) is 4.79 Å². The molecule has 130 valence electrons. The van der Waals surface area contributed by atoms with Crippen LogP contribution in [0.15, 0.2) is 10.7 Å². The van der Waals surface area contributed by atoms with E-state index in [0.29, 0.717) is 5.88 Å². The zero-order valence-corrected chi connectivity index (χ0v) is 15.5. The van der Waals surface area contributed by atoms with Crippen LogP contribution in [0.3, 0.4) is 0 Å². The van der Waals surface area contributed by atoms with Crippen molar-refractivity contribution in [2.45, 2.75) is 66.8 Å². The van der Waals surface area contributed by atoms with Gasteiger partial charge in [-0.1, -0.05) is 41.5 Å². The van der Waals surface area contributed by atoms with Gasteiger partial charge in [0.2, 0.25) is 5.27 Å². The van der Waals surface area contributed by atoms with Gasteiger partial charge < -0.3 is 10.1 Å². The molecular weight excluding hydrogens is 280 g/mol. The van der Waals surface area contributed by atoms with E-state index in [2.05, 4.69) is 36.4 Å². The lowest BCUT2D eigenvalue weighted by molar-refractivity contribution is -0.759. The van der Waals surface area contributed by atoms with Gasteiger partial charge in [-0.05, 0) is 19.8 Å². The van der Waals surface area contributed by atoms with Gasteiger partial charge in [0.1, 0.15) is 0 Å². The van der Waals surface area contributed by atoms with Crippen molar-refractivity contribution in [3.8, 4) is 0 Å². The highest BCUT2D eigenvalue weighted by Gasteiger charge is 2.26. The summed E-state index contributed by atoms with van der Waals surface area (Å²) in [6, 6.07) is 0. The summed E-state index contributed by atoms with van der Waals surface area (Å²) in [6.45, 7) is 17.7. The molecule has 0 aliphatic carbocycles. The molecule has 6 heteroatoms. The van der Waals surface area contributed by atoms with Crippen LogP contribution in [0.1, 0.15) is 61.3 Å². The summed E-state index contributed by atoms with van der Waals surface area (Å²) < 4.78 is 10.7. The molecule has 2 heterocycles. The van der Waals surface area contributed by atoms with Crippen LogP contribution in [0.5, 0.6) is 0 Å². The second-order valence-electron chi connectivity index (χ2n) is 4.95. The number of anilines is 1. The fraction of sp³-hybridized carbons (Fsp3) is 0.875. The van der Waals surface area contributed by atoms with Gasteiger partial charge in [-0.2, -0.15) is 0 Å². The number of hydrogen-bond acceptors (Lipinski definition) is 5. The SMILES string of the molecule is CC.CC.CCC(C)(CC)Nc1c[n+](N2CCOCC2)no1. The zero-order chi connectivity index (χ0) is 17.0. The van der Waals surface area contributed by atoms with E-state index >= 15 is 0 Å². The number of rotatable bonds is 5. The van der Waals surface area contributed by atoms with Crippen molar-refractivity contribution < 1.29 is 14.1 Å². The van der Waals surface area contributed by atoms with Crippen molar-refractivity contribution in [3.63, 3.8) is 0 Å². The van der Waals surface area contributed by atoms with E-state index in [1.807, 2.05) is 33.9 Å². The predicted octanol–water partition coefficient (Wildman–Crippen LogP) is 2.97. The summed E-state index contributed by atoms with van der Waals surface area (Å²) in [5.41, 5.74) is 0.0579. The highest BCUT2D eigenvalue weighted by atomic mass is 16.5. The number of morpholine rings is 1. The molecule has 0 amide bonds. The normalized spacial score (nSPS) is 14.4. The van der Waals surface area contributed by atoms with Crippen LogP contribution in [0.25, 0.3) is 0 Å². The van der Waals surface area contributed by atoms with Crippen LogP contribution in [0.2, 0.25) is 0 Å². The predicted molar refractivity (Wildman–Crippen MR) is 90.8 cm³/mol. The van der Waals surface area contributed by atoms with Crippen molar-refractivity contribution in [1.29, 1.82) is 0 Å². The molecule has 1 N–H and O–H groups in total. The topological polar surface area (TPSA) is 54.4 Å². The van der Waals surface area contributed by atoms with E-state index in [4.69, 9.17) is 9.26 Å². The molecule has 22 heavy (non-hydrogen) atoms. The van der Waals surface area contributed by atoms with Gasteiger partial charge >= 0.3 is 0 Å². The summed E-state index contributed by atoms with van der Waals surface area (Å²) in [7, 11) is 0. The zero-order valence-electron chi connectivity index (χ0n) is 15.5. The lowest BCUT2D eigenvalue weighted by Crippen LogP contribution is -2.62. The average Bonchev–Trinajstić information content (AvgIpc) is 3.07. The quantitative estimate of drug-likeness (QED) is 0.847. The molecule has 0 spiro atoms. The fourth-order valence-electron chi connectivity index (χ4n) is 1.91. The number of nitrogens with one attached hydrogen (secondary N) is 1. The molecule has 1 aliphatic heterocycles. The smallest absolute Gasteiger partial charge is 0.299 e. The molecule has 0 aromatic carbocycles. The highest BCUT2D eigenvalue weighted by Crippen LogP contribution is 2.20. The van der Waals surface area contributed by atoms with Crippen LogP contribution in [-0.2, 0) is 4.74 Å².